The third kappa shape index (κ3) is 5.11. The lowest BCUT2D eigenvalue weighted by Gasteiger charge is -2.27. The van der Waals surface area contributed by atoms with Gasteiger partial charge in [-0.05, 0) is 55.2 Å². The summed E-state index contributed by atoms with van der Waals surface area (Å²) in [6.07, 6.45) is 0.422. The number of carbonyl (C=O) groups is 1. The zero-order valence-corrected chi connectivity index (χ0v) is 20.2. The van der Waals surface area contributed by atoms with Gasteiger partial charge in [0, 0.05) is 44.0 Å². The van der Waals surface area contributed by atoms with Crippen molar-refractivity contribution >= 4 is 21.4 Å². The molecule has 4 rings (SSSR count). The summed E-state index contributed by atoms with van der Waals surface area (Å²) < 4.78 is 29.8. The summed E-state index contributed by atoms with van der Waals surface area (Å²) in [4.78, 5) is 17.1. The number of benzene rings is 2. The average Bonchev–Trinajstić information content (AvgIpc) is 3.40. The van der Waals surface area contributed by atoms with Gasteiger partial charge in [0.25, 0.3) is 5.91 Å². The van der Waals surface area contributed by atoms with Crippen LogP contribution < -0.4 is 4.90 Å². The molecule has 0 N–H and O–H groups in total. The number of carbonyl (C=O) groups excluding carboxylic acids is 1. The van der Waals surface area contributed by atoms with Crippen molar-refractivity contribution in [1.82, 2.24) is 10.1 Å². The molecule has 174 valence electrons. The molecule has 2 aromatic carbocycles. The fourth-order valence-corrected chi connectivity index (χ4v) is 5.77. The van der Waals surface area contributed by atoms with E-state index in [4.69, 9.17) is 4.52 Å². The Labute approximate surface area is 194 Å². The lowest BCUT2D eigenvalue weighted by molar-refractivity contribution is 0.0670. The van der Waals surface area contributed by atoms with Crippen molar-refractivity contribution in [3.63, 3.8) is 0 Å². The highest BCUT2D eigenvalue weighted by atomic mass is 32.2. The van der Waals surface area contributed by atoms with Crippen molar-refractivity contribution in [3.8, 4) is 11.3 Å². The lowest BCUT2D eigenvalue weighted by Crippen LogP contribution is -2.40. The van der Waals surface area contributed by atoms with Crippen molar-refractivity contribution in [1.29, 1.82) is 0 Å². The zero-order valence-electron chi connectivity index (χ0n) is 19.4. The molecule has 2 heterocycles. The van der Waals surface area contributed by atoms with Crippen molar-refractivity contribution in [2.75, 3.05) is 30.5 Å². The Morgan fingerprint density at radius 2 is 1.79 bits per heavy atom. The Hall–Kier alpha value is -3.13. The molecule has 3 aromatic rings. The Morgan fingerprint density at radius 1 is 1.06 bits per heavy atom. The number of aromatic nitrogens is 1. The van der Waals surface area contributed by atoms with Gasteiger partial charge in [-0.15, -0.1) is 0 Å². The van der Waals surface area contributed by atoms with Gasteiger partial charge < -0.3 is 14.3 Å². The van der Waals surface area contributed by atoms with Crippen molar-refractivity contribution in [2.45, 2.75) is 32.9 Å². The monoisotopic (exact) mass is 467 g/mol. The largest absolute Gasteiger partial charge is 0.378 e. The summed E-state index contributed by atoms with van der Waals surface area (Å²) in [5.74, 6) is 0.243. The number of nitrogens with zero attached hydrogens (tertiary/aromatic N) is 3. The van der Waals surface area contributed by atoms with E-state index in [9.17, 15) is 13.2 Å². The molecular formula is C25H29N3O4S. The predicted molar refractivity (Wildman–Crippen MR) is 129 cm³/mol. The smallest absolute Gasteiger partial charge is 0.276 e. The molecule has 0 aliphatic carbocycles. The van der Waals surface area contributed by atoms with Crippen LogP contribution in [0.5, 0.6) is 0 Å². The highest BCUT2D eigenvalue weighted by Crippen LogP contribution is 2.26. The topological polar surface area (TPSA) is 83.7 Å². The molecule has 0 saturated carbocycles. The molecule has 1 aromatic heterocycles. The van der Waals surface area contributed by atoms with Gasteiger partial charge in [0.2, 0.25) is 0 Å². The number of anilines is 1. The summed E-state index contributed by atoms with van der Waals surface area (Å²) in [6, 6.07) is 15.1. The van der Waals surface area contributed by atoms with E-state index in [0.717, 1.165) is 22.4 Å². The van der Waals surface area contributed by atoms with E-state index in [1.807, 2.05) is 75.3 Å². The van der Waals surface area contributed by atoms with Crippen LogP contribution in [-0.2, 0) is 16.4 Å². The van der Waals surface area contributed by atoms with Gasteiger partial charge in [-0.1, -0.05) is 29.4 Å². The Morgan fingerprint density at radius 3 is 2.39 bits per heavy atom. The summed E-state index contributed by atoms with van der Waals surface area (Å²) in [5.41, 5.74) is 5.29. The van der Waals surface area contributed by atoms with Gasteiger partial charge in [0.05, 0.1) is 11.5 Å². The van der Waals surface area contributed by atoms with Crippen molar-refractivity contribution < 1.29 is 17.7 Å². The number of sulfone groups is 1. The minimum Gasteiger partial charge on any atom is -0.378 e. The lowest BCUT2D eigenvalue weighted by atomic mass is 10.0. The van der Waals surface area contributed by atoms with Crippen LogP contribution in [0, 0.1) is 13.8 Å². The molecule has 0 radical (unpaired) electrons. The molecule has 0 unspecified atom stereocenters. The molecule has 1 aliphatic heterocycles. The van der Waals surface area contributed by atoms with Crippen LogP contribution in [0.2, 0.25) is 0 Å². The minimum absolute atomic E-state index is 0.0314. The number of rotatable bonds is 6. The van der Waals surface area contributed by atoms with E-state index in [-0.39, 0.29) is 23.1 Å². The highest BCUT2D eigenvalue weighted by molar-refractivity contribution is 7.91. The molecule has 1 fully saturated rings. The first-order chi connectivity index (χ1) is 15.6. The Bertz CT molecular complexity index is 1260. The van der Waals surface area contributed by atoms with Gasteiger partial charge in [-0.3, -0.25) is 4.79 Å². The normalized spacial score (nSPS) is 17.2. The SMILES string of the molecule is Cc1ccc(-c2cc(C(=O)N(Cc3ccc(N(C)C)cc3)[C@@H]3CCS(=O)(=O)C3)no2)cc1C. The molecule has 1 aliphatic rings. The Kier molecular flexibility index (Phi) is 6.30. The number of hydrogen-bond donors (Lipinski definition) is 0. The van der Waals surface area contributed by atoms with E-state index >= 15 is 0 Å². The van der Waals surface area contributed by atoms with Crippen LogP contribution in [-0.4, -0.2) is 56.0 Å². The Balaban J connectivity index is 1.62. The maximum atomic E-state index is 13.5. The summed E-state index contributed by atoms with van der Waals surface area (Å²) >= 11 is 0. The molecule has 0 bridgehead atoms. The first-order valence-corrected chi connectivity index (χ1v) is 12.8. The van der Waals surface area contributed by atoms with Crippen molar-refractivity contribution in [3.05, 3.63) is 70.9 Å². The van der Waals surface area contributed by atoms with Crippen LogP contribution in [0.25, 0.3) is 11.3 Å². The van der Waals surface area contributed by atoms with E-state index in [1.165, 1.54) is 5.56 Å². The van der Waals surface area contributed by atoms with Crippen LogP contribution >= 0.6 is 0 Å². The third-order valence-corrected chi connectivity index (χ3v) is 7.99. The van der Waals surface area contributed by atoms with Gasteiger partial charge in [-0.25, -0.2) is 8.42 Å². The second-order valence-electron chi connectivity index (χ2n) is 8.93. The number of hydrogen-bond acceptors (Lipinski definition) is 6. The number of aryl methyl sites for hydroxylation is 2. The van der Waals surface area contributed by atoms with Gasteiger partial charge in [0.15, 0.2) is 21.3 Å². The fourth-order valence-electron chi connectivity index (χ4n) is 4.04. The first-order valence-electron chi connectivity index (χ1n) is 10.9. The fraction of sp³-hybridized carbons (Fsp3) is 0.360. The van der Waals surface area contributed by atoms with Gasteiger partial charge >= 0.3 is 0 Å². The molecule has 7 nitrogen and oxygen atoms in total. The molecule has 1 atom stereocenters. The number of amides is 1. The average molecular weight is 468 g/mol. The van der Waals surface area contributed by atoms with Crippen molar-refractivity contribution in [2.24, 2.45) is 0 Å². The van der Waals surface area contributed by atoms with Crippen LogP contribution in [0.1, 0.15) is 33.6 Å². The first kappa shape index (κ1) is 23.0. The molecule has 1 amide bonds. The predicted octanol–water partition coefficient (Wildman–Crippen LogP) is 3.85. The summed E-state index contributed by atoms with van der Waals surface area (Å²) in [6.45, 7) is 4.36. The third-order valence-electron chi connectivity index (χ3n) is 6.24. The zero-order chi connectivity index (χ0) is 23.8. The van der Waals surface area contributed by atoms with E-state index in [2.05, 4.69) is 5.16 Å². The van der Waals surface area contributed by atoms with Crippen LogP contribution in [0.3, 0.4) is 0 Å². The quantitative estimate of drug-likeness (QED) is 0.548. The molecule has 0 spiro atoms. The summed E-state index contributed by atoms with van der Waals surface area (Å²) in [5, 5.41) is 4.03. The van der Waals surface area contributed by atoms with Gasteiger partial charge in [-0.2, -0.15) is 0 Å². The maximum absolute atomic E-state index is 13.5. The van der Waals surface area contributed by atoms with E-state index in [0.29, 0.717) is 18.7 Å². The molecule has 8 heteroatoms. The van der Waals surface area contributed by atoms with Crippen LogP contribution in [0.15, 0.2) is 53.1 Å². The minimum atomic E-state index is -3.16. The maximum Gasteiger partial charge on any atom is 0.276 e. The van der Waals surface area contributed by atoms with E-state index in [1.54, 1.807) is 11.0 Å². The molecule has 33 heavy (non-hydrogen) atoms. The highest BCUT2D eigenvalue weighted by Gasteiger charge is 2.36. The molecular weight excluding hydrogens is 438 g/mol. The second-order valence-corrected chi connectivity index (χ2v) is 11.2. The van der Waals surface area contributed by atoms with Crippen LogP contribution in [0.4, 0.5) is 5.69 Å². The summed E-state index contributed by atoms with van der Waals surface area (Å²) in [7, 11) is 0.771. The van der Waals surface area contributed by atoms with E-state index < -0.39 is 15.9 Å². The van der Waals surface area contributed by atoms with Gasteiger partial charge in [0.1, 0.15) is 0 Å². The standard InChI is InChI=1S/C25H29N3O4S/c1-17-5-8-20(13-18(17)2)24-14-23(26-32-24)25(29)28(22-11-12-33(30,31)16-22)15-19-6-9-21(10-7-19)27(3)4/h5-10,13-14,22H,11-12,15-16H2,1-4H3/t22-/m1/s1. The second kappa shape index (κ2) is 9.02. The molecule has 1 saturated heterocycles.